The van der Waals surface area contributed by atoms with E-state index in [0.717, 1.165) is 31.7 Å². The number of carbonyl (C=O) groups is 1. The number of H-pyrrole nitrogens is 1. The number of hydrogen-bond donors (Lipinski definition) is 2. The first-order chi connectivity index (χ1) is 9.41. The van der Waals surface area contributed by atoms with E-state index >= 15 is 0 Å². The summed E-state index contributed by atoms with van der Waals surface area (Å²) in [6.45, 7) is 8.97. The van der Waals surface area contributed by atoms with E-state index in [1.807, 2.05) is 18.0 Å². The number of aromatic amines is 1. The number of piperidine rings is 1. The monoisotopic (exact) mass is 314 g/mol. The van der Waals surface area contributed by atoms with Crippen LogP contribution in [0, 0.1) is 5.92 Å². The van der Waals surface area contributed by atoms with Gasteiger partial charge in [0.15, 0.2) is 0 Å². The van der Waals surface area contributed by atoms with Crippen molar-refractivity contribution in [3.8, 4) is 0 Å². The minimum atomic E-state index is -0.0118. The Labute approximate surface area is 133 Å². The fourth-order valence-corrected chi connectivity index (χ4v) is 2.68. The van der Waals surface area contributed by atoms with Crippen LogP contribution < -0.4 is 5.32 Å². The SMILES string of the molecule is CNCC1CCCN(C(=O)c2cc(C(C)(C)C)[nH]n2)C1.Cl. The van der Waals surface area contributed by atoms with Crippen LogP contribution in [0.5, 0.6) is 0 Å². The fraction of sp³-hybridized carbons (Fsp3) is 0.733. The van der Waals surface area contributed by atoms with Crippen molar-refractivity contribution in [3.05, 3.63) is 17.5 Å². The number of nitrogens with zero attached hydrogens (tertiary/aromatic N) is 2. The maximum absolute atomic E-state index is 12.5. The topological polar surface area (TPSA) is 61.0 Å². The molecule has 1 aromatic heterocycles. The number of amides is 1. The summed E-state index contributed by atoms with van der Waals surface area (Å²) in [5, 5.41) is 10.4. The van der Waals surface area contributed by atoms with E-state index in [-0.39, 0.29) is 23.7 Å². The molecule has 1 aliphatic heterocycles. The molecule has 0 spiro atoms. The molecule has 0 saturated carbocycles. The minimum absolute atomic E-state index is 0. The fourth-order valence-electron chi connectivity index (χ4n) is 2.68. The summed E-state index contributed by atoms with van der Waals surface area (Å²) in [6, 6.07) is 1.89. The van der Waals surface area contributed by atoms with Crippen LogP contribution in [0.1, 0.15) is 49.8 Å². The first-order valence-electron chi connectivity index (χ1n) is 7.41. The molecule has 2 N–H and O–H groups in total. The van der Waals surface area contributed by atoms with Crippen LogP contribution in [-0.4, -0.2) is 47.7 Å². The molecule has 1 amide bonds. The Kier molecular flexibility index (Phi) is 6.23. The maximum Gasteiger partial charge on any atom is 0.274 e. The Morgan fingerprint density at radius 3 is 2.81 bits per heavy atom. The zero-order valence-electron chi connectivity index (χ0n) is 13.4. The van der Waals surface area contributed by atoms with Crippen molar-refractivity contribution in [2.24, 2.45) is 5.92 Å². The van der Waals surface area contributed by atoms with Crippen LogP contribution in [0.15, 0.2) is 6.07 Å². The Balaban J connectivity index is 0.00000220. The second-order valence-corrected chi connectivity index (χ2v) is 6.73. The molecular weight excluding hydrogens is 288 g/mol. The summed E-state index contributed by atoms with van der Waals surface area (Å²) in [5.41, 5.74) is 1.53. The molecule has 1 aliphatic rings. The Morgan fingerprint density at radius 2 is 2.24 bits per heavy atom. The molecule has 2 heterocycles. The standard InChI is InChI=1S/C15H26N4O.ClH/c1-15(2,3)13-8-12(17-18-13)14(20)19-7-5-6-11(10-19)9-16-4;/h8,11,16H,5-7,9-10H2,1-4H3,(H,17,18);1H. The number of likely N-dealkylation sites (tertiary alicyclic amines) is 1. The quantitative estimate of drug-likeness (QED) is 0.899. The predicted molar refractivity (Wildman–Crippen MR) is 87.1 cm³/mol. The third-order valence-corrected chi connectivity index (χ3v) is 3.90. The lowest BCUT2D eigenvalue weighted by Crippen LogP contribution is -2.42. The molecule has 6 heteroatoms. The van der Waals surface area contributed by atoms with Gasteiger partial charge in [0.25, 0.3) is 5.91 Å². The van der Waals surface area contributed by atoms with E-state index in [1.165, 1.54) is 6.42 Å². The molecule has 120 valence electrons. The Morgan fingerprint density at radius 1 is 1.52 bits per heavy atom. The highest BCUT2D eigenvalue weighted by molar-refractivity contribution is 5.92. The van der Waals surface area contributed by atoms with Gasteiger partial charge in [-0.05, 0) is 38.4 Å². The van der Waals surface area contributed by atoms with E-state index in [4.69, 9.17) is 0 Å². The Hall–Kier alpha value is -1.07. The largest absolute Gasteiger partial charge is 0.337 e. The Bertz CT molecular complexity index is 464. The lowest BCUT2D eigenvalue weighted by molar-refractivity contribution is 0.0668. The summed E-state index contributed by atoms with van der Waals surface area (Å²) in [5.74, 6) is 0.608. The highest BCUT2D eigenvalue weighted by Gasteiger charge is 2.26. The van der Waals surface area contributed by atoms with Crippen LogP contribution in [0.2, 0.25) is 0 Å². The van der Waals surface area contributed by atoms with E-state index in [9.17, 15) is 4.79 Å². The average molecular weight is 315 g/mol. The third-order valence-electron chi connectivity index (χ3n) is 3.90. The molecule has 2 rings (SSSR count). The molecule has 1 aromatic rings. The van der Waals surface area contributed by atoms with Gasteiger partial charge in [-0.1, -0.05) is 20.8 Å². The number of nitrogens with one attached hydrogen (secondary N) is 2. The molecule has 1 atom stereocenters. The number of carbonyl (C=O) groups excluding carboxylic acids is 1. The molecule has 5 nitrogen and oxygen atoms in total. The average Bonchev–Trinajstić information content (AvgIpc) is 2.88. The second-order valence-electron chi connectivity index (χ2n) is 6.73. The van der Waals surface area contributed by atoms with Gasteiger partial charge < -0.3 is 10.2 Å². The zero-order valence-corrected chi connectivity index (χ0v) is 14.2. The van der Waals surface area contributed by atoms with Gasteiger partial charge in [0.2, 0.25) is 0 Å². The summed E-state index contributed by atoms with van der Waals surface area (Å²) in [4.78, 5) is 14.5. The first-order valence-corrected chi connectivity index (χ1v) is 7.41. The van der Waals surface area contributed by atoms with E-state index in [2.05, 4.69) is 36.3 Å². The van der Waals surface area contributed by atoms with Crippen LogP contribution in [0.4, 0.5) is 0 Å². The van der Waals surface area contributed by atoms with Crippen molar-refractivity contribution < 1.29 is 4.79 Å². The van der Waals surface area contributed by atoms with Gasteiger partial charge in [-0.3, -0.25) is 9.89 Å². The summed E-state index contributed by atoms with van der Waals surface area (Å²) in [7, 11) is 1.96. The predicted octanol–water partition coefficient (Wildman–Crippen LogP) is 2.20. The molecule has 0 radical (unpaired) electrons. The lowest BCUT2D eigenvalue weighted by atomic mass is 9.92. The number of halogens is 1. The smallest absolute Gasteiger partial charge is 0.274 e. The van der Waals surface area contributed by atoms with E-state index < -0.39 is 0 Å². The summed E-state index contributed by atoms with van der Waals surface area (Å²) < 4.78 is 0. The van der Waals surface area contributed by atoms with E-state index in [0.29, 0.717) is 11.6 Å². The van der Waals surface area contributed by atoms with Gasteiger partial charge >= 0.3 is 0 Å². The van der Waals surface area contributed by atoms with Gasteiger partial charge in [0, 0.05) is 24.2 Å². The minimum Gasteiger partial charge on any atom is -0.337 e. The van der Waals surface area contributed by atoms with Gasteiger partial charge in [0.05, 0.1) is 0 Å². The van der Waals surface area contributed by atoms with Crippen LogP contribution >= 0.6 is 12.4 Å². The molecule has 1 unspecified atom stereocenters. The first kappa shape index (κ1) is 18.0. The van der Waals surface area contributed by atoms with Crippen LogP contribution in [0.25, 0.3) is 0 Å². The molecular formula is C15H27ClN4O. The van der Waals surface area contributed by atoms with Gasteiger partial charge in [-0.25, -0.2) is 0 Å². The van der Waals surface area contributed by atoms with Crippen molar-refractivity contribution in [1.82, 2.24) is 20.4 Å². The maximum atomic E-state index is 12.5. The van der Waals surface area contributed by atoms with Crippen molar-refractivity contribution >= 4 is 18.3 Å². The summed E-state index contributed by atoms with van der Waals surface area (Å²) in [6.07, 6.45) is 2.27. The van der Waals surface area contributed by atoms with Gasteiger partial charge in [-0.2, -0.15) is 5.10 Å². The van der Waals surface area contributed by atoms with Crippen molar-refractivity contribution in [1.29, 1.82) is 0 Å². The highest BCUT2D eigenvalue weighted by atomic mass is 35.5. The molecule has 0 aromatic carbocycles. The van der Waals surface area contributed by atoms with Crippen LogP contribution in [-0.2, 0) is 5.41 Å². The highest BCUT2D eigenvalue weighted by Crippen LogP contribution is 2.22. The summed E-state index contributed by atoms with van der Waals surface area (Å²) >= 11 is 0. The van der Waals surface area contributed by atoms with Gasteiger partial charge in [0.1, 0.15) is 5.69 Å². The van der Waals surface area contributed by atoms with Gasteiger partial charge in [-0.15, -0.1) is 12.4 Å². The third kappa shape index (κ3) is 4.45. The lowest BCUT2D eigenvalue weighted by Gasteiger charge is -2.32. The number of aromatic nitrogens is 2. The van der Waals surface area contributed by atoms with Crippen molar-refractivity contribution in [2.75, 3.05) is 26.7 Å². The van der Waals surface area contributed by atoms with Crippen molar-refractivity contribution in [2.45, 2.75) is 39.0 Å². The second kappa shape index (κ2) is 7.27. The molecule has 0 bridgehead atoms. The number of rotatable bonds is 3. The van der Waals surface area contributed by atoms with Crippen LogP contribution in [0.3, 0.4) is 0 Å². The zero-order chi connectivity index (χ0) is 14.8. The normalized spacial score (nSPS) is 19.2. The molecule has 1 fully saturated rings. The molecule has 1 saturated heterocycles. The van der Waals surface area contributed by atoms with Crippen molar-refractivity contribution in [3.63, 3.8) is 0 Å². The molecule has 21 heavy (non-hydrogen) atoms. The van der Waals surface area contributed by atoms with E-state index in [1.54, 1.807) is 0 Å². The number of hydrogen-bond acceptors (Lipinski definition) is 3. The molecule has 0 aliphatic carbocycles.